The zero-order valence-electron chi connectivity index (χ0n) is 15.1. The van der Waals surface area contributed by atoms with Gasteiger partial charge < -0.3 is 5.32 Å². The summed E-state index contributed by atoms with van der Waals surface area (Å²) < 4.78 is 0. The van der Waals surface area contributed by atoms with Gasteiger partial charge in [0.2, 0.25) is 5.91 Å². The van der Waals surface area contributed by atoms with Gasteiger partial charge in [0.25, 0.3) is 0 Å². The van der Waals surface area contributed by atoms with Crippen molar-refractivity contribution in [3.05, 3.63) is 71.5 Å². The largest absolute Gasteiger partial charge is 0.325 e. The van der Waals surface area contributed by atoms with Crippen molar-refractivity contribution in [2.24, 2.45) is 0 Å². The van der Waals surface area contributed by atoms with Crippen molar-refractivity contribution in [2.75, 3.05) is 5.32 Å². The van der Waals surface area contributed by atoms with E-state index < -0.39 is 0 Å². The van der Waals surface area contributed by atoms with E-state index in [0.29, 0.717) is 17.3 Å². The number of hydrogen-bond acceptors (Lipinski definition) is 4. The minimum atomic E-state index is -0.251. The third-order valence-electron chi connectivity index (χ3n) is 3.92. The normalized spacial score (nSPS) is 11.8. The third kappa shape index (κ3) is 5.31. The Morgan fingerprint density at radius 3 is 2.48 bits per heavy atom. The quantitative estimate of drug-likeness (QED) is 0.433. The molecule has 0 fully saturated rings. The molecule has 1 heterocycles. The van der Waals surface area contributed by atoms with E-state index >= 15 is 0 Å². The van der Waals surface area contributed by atoms with E-state index in [4.69, 9.17) is 11.6 Å². The molecular weight excluding hydrogens is 378 g/mol. The number of thioether (sulfide) groups is 1. The number of aromatic nitrogens is 2. The highest BCUT2D eigenvalue weighted by molar-refractivity contribution is 8.00. The van der Waals surface area contributed by atoms with E-state index in [-0.39, 0.29) is 11.2 Å². The van der Waals surface area contributed by atoms with Gasteiger partial charge in [0.15, 0.2) is 0 Å². The van der Waals surface area contributed by atoms with E-state index in [1.54, 1.807) is 24.3 Å². The Kier molecular flexibility index (Phi) is 6.48. The zero-order chi connectivity index (χ0) is 19.2. The monoisotopic (exact) mass is 397 g/mol. The number of nitrogens with zero attached hydrogens (tertiary/aromatic N) is 2. The average Bonchev–Trinajstić information content (AvgIpc) is 2.68. The lowest BCUT2D eigenvalue weighted by Gasteiger charge is -2.15. The highest BCUT2D eigenvalue weighted by Gasteiger charge is 2.19. The van der Waals surface area contributed by atoms with Gasteiger partial charge in [-0.2, -0.15) is 0 Å². The first kappa shape index (κ1) is 19.4. The lowest BCUT2D eigenvalue weighted by Crippen LogP contribution is -2.24. The predicted molar refractivity (Wildman–Crippen MR) is 112 cm³/mol. The van der Waals surface area contributed by atoms with Crippen LogP contribution in [0.5, 0.6) is 0 Å². The van der Waals surface area contributed by atoms with Crippen LogP contribution in [0.2, 0.25) is 5.02 Å². The van der Waals surface area contributed by atoms with Gasteiger partial charge in [-0.1, -0.05) is 60.6 Å². The molecule has 1 atom stereocenters. The van der Waals surface area contributed by atoms with Crippen molar-refractivity contribution in [1.29, 1.82) is 0 Å². The number of carbonyl (C=O) groups excluding carboxylic acids is 1. The Bertz CT molecular complexity index is 916. The number of aryl methyl sites for hydroxylation is 1. The molecule has 0 saturated heterocycles. The zero-order valence-corrected chi connectivity index (χ0v) is 16.7. The maximum Gasteiger partial charge on any atom is 0.237 e. The van der Waals surface area contributed by atoms with Gasteiger partial charge in [0, 0.05) is 16.3 Å². The summed E-state index contributed by atoms with van der Waals surface area (Å²) >= 11 is 7.35. The van der Waals surface area contributed by atoms with Crippen LogP contribution in [0.4, 0.5) is 5.69 Å². The summed E-state index contributed by atoms with van der Waals surface area (Å²) in [5.41, 5.74) is 2.62. The Morgan fingerprint density at radius 2 is 1.81 bits per heavy atom. The molecule has 0 saturated carbocycles. The van der Waals surface area contributed by atoms with Crippen LogP contribution in [-0.2, 0) is 4.79 Å². The number of hydrogen-bond donors (Lipinski definition) is 1. The number of amides is 1. The molecule has 4 nitrogen and oxygen atoms in total. The van der Waals surface area contributed by atoms with Gasteiger partial charge in [0.1, 0.15) is 10.9 Å². The van der Waals surface area contributed by atoms with Crippen LogP contribution in [0.15, 0.2) is 65.7 Å². The van der Waals surface area contributed by atoms with Crippen LogP contribution < -0.4 is 5.32 Å². The second-order valence-electron chi connectivity index (χ2n) is 6.02. The third-order valence-corrected chi connectivity index (χ3v) is 5.46. The van der Waals surface area contributed by atoms with E-state index in [0.717, 1.165) is 22.0 Å². The molecule has 1 amide bonds. The van der Waals surface area contributed by atoms with Crippen molar-refractivity contribution >= 4 is 35.0 Å². The molecule has 6 heteroatoms. The van der Waals surface area contributed by atoms with Crippen molar-refractivity contribution in [1.82, 2.24) is 9.97 Å². The molecule has 0 aliphatic carbocycles. The van der Waals surface area contributed by atoms with Crippen LogP contribution in [-0.4, -0.2) is 21.1 Å². The van der Waals surface area contributed by atoms with Gasteiger partial charge in [-0.05, 0) is 43.7 Å². The molecule has 0 bridgehead atoms. The lowest BCUT2D eigenvalue weighted by molar-refractivity contribution is -0.115. The van der Waals surface area contributed by atoms with Crippen LogP contribution in [0, 0.1) is 6.92 Å². The molecule has 1 N–H and O–H groups in total. The van der Waals surface area contributed by atoms with E-state index in [2.05, 4.69) is 15.3 Å². The van der Waals surface area contributed by atoms with Gasteiger partial charge in [-0.3, -0.25) is 4.79 Å². The fraction of sp³-hybridized carbons (Fsp3) is 0.190. The highest BCUT2D eigenvalue weighted by Crippen LogP contribution is 2.28. The minimum Gasteiger partial charge on any atom is -0.325 e. The Labute approximate surface area is 168 Å². The van der Waals surface area contributed by atoms with Gasteiger partial charge in [-0.25, -0.2) is 9.97 Å². The fourth-order valence-electron chi connectivity index (χ4n) is 2.58. The molecule has 0 aliphatic heterocycles. The molecule has 138 valence electrons. The Hall–Kier alpha value is -2.37. The van der Waals surface area contributed by atoms with Gasteiger partial charge in [-0.15, -0.1) is 0 Å². The highest BCUT2D eigenvalue weighted by atomic mass is 35.5. The molecule has 2 aromatic carbocycles. The molecule has 27 heavy (non-hydrogen) atoms. The first-order chi connectivity index (χ1) is 13.0. The minimum absolute atomic E-state index is 0.0534. The number of rotatable bonds is 6. The molecular formula is C21H20ClN3OS. The summed E-state index contributed by atoms with van der Waals surface area (Å²) in [5.74, 6) is 0.633. The average molecular weight is 398 g/mol. The second-order valence-corrected chi connectivity index (χ2v) is 7.67. The number of carbonyl (C=O) groups is 1. The Balaban J connectivity index is 1.76. The van der Waals surface area contributed by atoms with Gasteiger partial charge >= 0.3 is 0 Å². The van der Waals surface area contributed by atoms with Gasteiger partial charge in [0.05, 0.1) is 10.9 Å². The summed E-state index contributed by atoms with van der Waals surface area (Å²) in [6.07, 6.45) is 0.688. The smallest absolute Gasteiger partial charge is 0.237 e. The summed E-state index contributed by atoms with van der Waals surface area (Å²) in [6.45, 7) is 3.86. The predicted octanol–water partition coefficient (Wildman–Crippen LogP) is 5.61. The van der Waals surface area contributed by atoms with Crippen LogP contribution in [0.25, 0.3) is 11.3 Å². The maximum absolute atomic E-state index is 12.7. The molecule has 1 unspecified atom stereocenters. The summed E-state index contributed by atoms with van der Waals surface area (Å²) in [7, 11) is 0. The fourth-order valence-corrected chi connectivity index (χ4v) is 3.70. The molecule has 3 aromatic rings. The Morgan fingerprint density at radius 1 is 1.11 bits per heavy atom. The van der Waals surface area contributed by atoms with E-state index in [9.17, 15) is 4.79 Å². The lowest BCUT2D eigenvalue weighted by atomic mass is 10.1. The van der Waals surface area contributed by atoms with Crippen molar-refractivity contribution in [3.8, 4) is 11.3 Å². The molecule has 3 rings (SSSR count). The number of halogens is 1. The second kappa shape index (κ2) is 9.02. The topological polar surface area (TPSA) is 54.9 Å². The molecule has 0 spiro atoms. The van der Waals surface area contributed by atoms with E-state index in [1.807, 2.05) is 50.2 Å². The number of anilines is 1. The van der Waals surface area contributed by atoms with Crippen LogP contribution in [0.3, 0.4) is 0 Å². The first-order valence-corrected chi connectivity index (χ1v) is 9.95. The molecule has 1 aromatic heterocycles. The van der Waals surface area contributed by atoms with Crippen molar-refractivity contribution in [3.63, 3.8) is 0 Å². The number of benzene rings is 2. The van der Waals surface area contributed by atoms with Crippen molar-refractivity contribution in [2.45, 2.75) is 30.5 Å². The van der Waals surface area contributed by atoms with E-state index in [1.165, 1.54) is 11.8 Å². The molecule has 0 aliphatic rings. The van der Waals surface area contributed by atoms with Crippen LogP contribution in [0.1, 0.15) is 19.2 Å². The SMILES string of the molecule is CCC(Sc1cc(-c2ccccc2)nc(C)n1)C(=O)Nc1ccc(Cl)cc1. The maximum atomic E-state index is 12.7. The van der Waals surface area contributed by atoms with Crippen molar-refractivity contribution < 1.29 is 4.79 Å². The summed E-state index contributed by atoms with van der Waals surface area (Å²) in [5, 5.41) is 4.12. The summed E-state index contributed by atoms with van der Waals surface area (Å²) in [6, 6.07) is 19.0. The standard InChI is InChI=1S/C21H20ClN3OS/c1-3-19(21(26)25-17-11-9-16(22)10-12-17)27-20-13-18(23-14(2)24-20)15-7-5-4-6-8-15/h4-13,19H,3H2,1-2H3,(H,25,26). The molecule has 0 radical (unpaired) electrons. The number of nitrogens with one attached hydrogen (secondary N) is 1. The van der Waals surface area contributed by atoms with Crippen LogP contribution >= 0.6 is 23.4 Å². The summed E-state index contributed by atoms with van der Waals surface area (Å²) in [4.78, 5) is 21.7. The first-order valence-electron chi connectivity index (χ1n) is 8.69.